The Kier molecular flexibility index (Phi) is 3.95. The first-order valence-electron chi connectivity index (χ1n) is 7.05. The quantitative estimate of drug-likeness (QED) is 0.921. The van der Waals surface area contributed by atoms with Crippen molar-refractivity contribution < 1.29 is 0 Å². The highest BCUT2D eigenvalue weighted by molar-refractivity contribution is 7.12. The molecule has 2 heterocycles. The number of hydrogen-bond donors (Lipinski definition) is 1. The van der Waals surface area contributed by atoms with Gasteiger partial charge in [0.15, 0.2) is 0 Å². The van der Waals surface area contributed by atoms with E-state index in [4.69, 9.17) is 0 Å². The van der Waals surface area contributed by atoms with Crippen LogP contribution >= 0.6 is 11.3 Å². The van der Waals surface area contributed by atoms with Crippen LogP contribution in [-0.2, 0) is 19.3 Å². The Labute approximate surface area is 118 Å². The molecule has 100 valence electrons. The Morgan fingerprint density at radius 1 is 1.32 bits per heavy atom. The van der Waals surface area contributed by atoms with Crippen LogP contribution in [0.2, 0.25) is 0 Å². The Morgan fingerprint density at radius 2 is 2.21 bits per heavy atom. The molecule has 1 atom stereocenters. The van der Waals surface area contributed by atoms with Gasteiger partial charge in [-0.25, -0.2) is 0 Å². The summed E-state index contributed by atoms with van der Waals surface area (Å²) in [5.74, 6) is 0. The minimum absolute atomic E-state index is 0.394. The number of pyridine rings is 1. The van der Waals surface area contributed by atoms with Gasteiger partial charge in [-0.05, 0) is 56.5 Å². The van der Waals surface area contributed by atoms with Gasteiger partial charge in [0.1, 0.15) is 0 Å². The largest absolute Gasteiger partial charge is 0.312 e. The van der Waals surface area contributed by atoms with Crippen LogP contribution in [0.5, 0.6) is 0 Å². The highest BCUT2D eigenvalue weighted by atomic mass is 32.1. The maximum absolute atomic E-state index is 4.44. The van der Waals surface area contributed by atoms with Crippen LogP contribution in [0, 0.1) is 0 Å². The number of rotatable bonds is 4. The van der Waals surface area contributed by atoms with E-state index in [9.17, 15) is 0 Å². The average molecular weight is 272 g/mol. The average Bonchev–Trinajstić information content (AvgIpc) is 2.89. The number of nitrogens with zero attached hydrogens (tertiary/aromatic N) is 1. The van der Waals surface area contributed by atoms with Gasteiger partial charge >= 0.3 is 0 Å². The minimum Gasteiger partial charge on any atom is -0.312 e. The van der Waals surface area contributed by atoms with Gasteiger partial charge < -0.3 is 5.32 Å². The molecule has 0 radical (unpaired) electrons. The van der Waals surface area contributed by atoms with Crippen LogP contribution in [0.3, 0.4) is 0 Å². The van der Waals surface area contributed by atoms with Crippen molar-refractivity contribution in [3.8, 4) is 0 Å². The third kappa shape index (κ3) is 2.88. The third-order valence-corrected chi connectivity index (χ3v) is 5.20. The summed E-state index contributed by atoms with van der Waals surface area (Å²) in [7, 11) is 2.05. The van der Waals surface area contributed by atoms with Crippen LogP contribution in [0.15, 0.2) is 30.5 Å². The van der Waals surface area contributed by atoms with E-state index < -0.39 is 0 Å². The molecule has 0 saturated carbocycles. The maximum Gasteiger partial charge on any atom is 0.0468 e. The Balaban J connectivity index is 1.80. The lowest BCUT2D eigenvalue weighted by Crippen LogP contribution is -2.18. The number of fused-ring (bicyclic) bond motifs is 1. The monoisotopic (exact) mass is 272 g/mol. The highest BCUT2D eigenvalue weighted by Crippen LogP contribution is 2.33. The third-order valence-electron chi connectivity index (χ3n) is 3.85. The van der Waals surface area contributed by atoms with Crippen LogP contribution in [-0.4, -0.2) is 12.0 Å². The Hall–Kier alpha value is -1.19. The fraction of sp³-hybridized carbons (Fsp3) is 0.438. The van der Waals surface area contributed by atoms with Gasteiger partial charge in [-0.2, -0.15) is 0 Å². The Bertz CT molecular complexity index is 509. The predicted octanol–water partition coefficient (Wildman–Crippen LogP) is 3.53. The van der Waals surface area contributed by atoms with Crippen molar-refractivity contribution in [3.05, 3.63) is 51.5 Å². The number of aryl methyl sites for hydroxylation is 2. The number of hydrogen-bond acceptors (Lipinski definition) is 3. The summed E-state index contributed by atoms with van der Waals surface area (Å²) in [5, 5.41) is 3.45. The summed E-state index contributed by atoms with van der Waals surface area (Å²) in [5.41, 5.74) is 2.75. The molecular weight excluding hydrogens is 252 g/mol. The lowest BCUT2D eigenvalue weighted by molar-refractivity contribution is 0.593. The number of likely N-dealkylation sites (N-methyl/N-ethyl adjacent to an activating group) is 1. The summed E-state index contributed by atoms with van der Waals surface area (Å²) >= 11 is 2.00. The molecule has 3 rings (SSSR count). The topological polar surface area (TPSA) is 24.9 Å². The van der Waals surface area contributed by atoms with Crippen molar-refractivity contribution >= 4 is 11.3 Å². The van der Waals surface area contributed by atoms with Crippen molar-refractivity contribution in [2.24, 2.45) is 0 Å². The molecule has 0 fully saturated rings. The van der Waals surface area contributed by atoms with Crippen LogP contribution < -0.4 is 5.32 Å². The molecule has 1 unspecified atom stereocenters. The zero-order chi connectivity index (χ0) is 13.1. The molecule has 1 N–H and O–H groups in total. The summed E-state index contributed by atoms with van der Waals surface area (Å²) in [6.45, 7) is 0. The van der Waals surface area contributed by atoms with E-state index >= 15 is 0 Å². The van der Waals surface area contributed by atoms with E-state index in [-0.39, 0.29) is 0 Å². The number of aromatic nitrogens is 1. The summed E-state index contributed by atoms with van der Waals surface area (Å²) in [4.78, 5) is 7.52. The molecule has 0 bridgehead atoms. The highest BCUT2D eigenvalue weighted by Gasteiger charge is 2.18. The molecule has 0 spiro atoms. The first-order valence-corrected chi connectivity index (χ1v) is 7.87. The SMILES string of the molecule is CNC(Cc1ccccn1)c1cc2c(s1)CCCC2. The first kappa shape index (κ1) is 12.8. The van der Waals surface area contributed by atoms with E-state index in [2.05, 4.69) is 28.5 Å². The van der Waals surface area contributed by atoms with Crippen molar-refractivity contribution in [3.63, 3.8) is 0 Å². The van der Waals surface area contributed by atoms with Gasteiger partial charge in [0.25, 0.3) is 0 Å². The summed E-state index contributed by atoms with van der Waals surface area (Å²) in [6.07, 6.45) is 8.11. The number of nitrogens with one attached hydrogen (secondary N) is 1. The molecule has 0 aliphatic heterocycles. The Morgan fingerprint density at radius 3 is 2.95 bits per heavy atom. The normalized spacial score (nSPS) is 16.1. The minimum atomic E-state index is 0.394. The molecule has 19 heavy (non-hydrogen) atoms. The van der Waals surface area contributed by atoms with Gasteiger partial charge in [0, 0.05) is 34.1 Å². The van der Waals surface area contributed by atoms with Gasteiger partial charge in [-0.3, -0.25) is 4.98 Å². The van der Waals surface area contributed by atoms with Gasteiger partial charge in [-0.1, -0.05) is 6.07 Å². The van der Waals surface area contributed by atoms with Crippen molar-refractivity contribution in [2.45, 2.75) is 38.1 Å². The number of thiophene rings is 1. The van der Waals surface area contributed by atoms with Gasteiger partial charge in [0.05, 0.1) is 0 Å². The molecule has 2 aromatic rings. The zero-order valence-electron chi connectivity index (χ0n) is 11.4. The lowest BCUT2D eigenvalue weighted by atomic mass is 9.98. The van der Waals surface area contributed by atoms with E-state index in [1.54, 1.807) is 10.4 Å². The molecule has 0 amide bonds. The van der Waals surface area contributed by atoms with Crippen molar-refractivity contribution in [2.75, 3.05) is 7.05 Å². The second-order valence-corrected chi connectivity index (χ2v) is 6.34. The van der Waals surface area contributed by atoms with Crippen molar-refractivity contribution in [1.29, 1.82) is 0 Å². The van der Waals surface area contributed by atoms with E-state index in [0.717, 1.165) is 12.1 Å². The summed E-state index contributed by atoms with van der Waals surface area (Å²) < 4.78 is 0. The van der Waals surface area contributed by atoms with Crippen molar-refractivity contribution in [1.82, 2.24) is 10.3 Å². The molecule has 1 aliphatic rings. The standard InChI is InChI=1S/C16H20N2S/c1-17-14(11-13-7-4-5-9-18-13)16-10-12-6-2-3-8-15(12)19-16/h4-5,7,9-10,14,17H,2-3,6,8,11H2,1H3. The van der Waals surface area contributed by atoms with Gasteiger partial charge in [0.2, 0.25) is 0 Å². The first-order chi connectivity index (χ1) is 9.36. The molecule has 0 aromatic carbocycles. The van der Waals surface area contributed by atoms with Crippen LogP contribution in [0.25, 0.3) is 0 Å². The smallest absolute Gasteiger partial charge is 0.0468 e. The lowest BCUT2D eigenvalue weighted by Gasteiger charge is -2.13. The summed E-state index contributed by atoms with van der Waals surface area (Å²) in [6, 6.07) is 8.96. The van der Waals surface area contributed by atoms with Crippen LogP contribution in [0.4, 0.5) is 0 Å². The van der Waals surface area contributed by atoms with Crippen LogP contribution in [0.1, 0.15) is 39.9 Å². The maximum atomic E-state index is 4.44. The van der Waals surface area contributed by atoms with E-state index in [1.807, 2.05) is 30.6 Å². The molecule has 2 nitrogen and oxygen atoms in total. The van der Waals surface area contributed by atoms with E-state index in [1.165, 1.54) is 30.6 Å². The molecular formula is C16H20N2S. The molecule has 1 aliphatic carbocycles. The second-order valence-electron chi connectivity index (χ2n) is 5.17. The molecule has 0 saturated heterocycles. The van der Waals surface area contributed by atoms with E-state index in [0.29, 0.717) is 6.04 Å². The fourth-order valence-corrected chi connectivity index (χ4v) is 4.13. The second kappa shape index (κ2) is 5.85. The fourth-order valence-electron chi connectivity index (χ4n) is 2.76. The molecule has 3 heteroatoms. The predicted molar refractivity (Wildman–Crippen MR) is 80.7 cm³/mol. The zero-order valence-corrected chi connectivity index (χ0v) is 12.2. The van der Waals surface area contributed by atoms with Gasteiger partial charge in [-0.15, -0.1) is 11.3 Å². The molecule has 2 aromatic heterocycles.